The van der Waals surface area contributed by atoms with Crippen molar-refractivity contribution in [3.05, 3.63) is 102 Å². The maximum Gasteiger partial charge on any atom is 0.254 e. The van der Waals surface area contributed by atoms with Gasteiger partial charge in [0.25, 0.3) is 11.8 Å². The second-order valence-electron chi connectivity index (χ2n) is 10.2. The number of hydrogen-bond acceptors (Lipinski definition) is 8. The number of rotatable bonds is 10. The summed E-state index contributed by atoms with van der Waals surface area (Å²) in [5.41, 5.74) is 11.1. The van der Waals surface area contributed by atoms with E-state index in [-0.39, 0.29) is 24.3 Å². The lowest BCUT2D eigenvalue weighted by atomic mass is 10.0. The summed E-state index contributed by atoms with van der Waals surface area (Å²) in [4.78, 5) is 53.8. The third-order valence-corrected chi connectivity index (χ3v) is 6.32. The second-order valence-corrected chi connectivity index (χ2v) is 10.2. The van der Waals surface area contributed by atoms with Gasteiger partial charge in [0.05, 0.1) is 23.5 Å². The van der Waals surface area contributed by atoms with Crippen LogP contribution in [-0.2, 0) is 11.3 Å². The molecule has 220 valence electrons. The van der Waals surface area contributed by atoms with Gasteiger partial charge in [0, 0.05) is 67.7 Å². The van der Waals surface area contributed by atoms with Gasteiger partial charge in [-0.1, -0.05) is 12.1 Å². The molecule has 11 heteroatoms. The molecule has 4 rings (SSSR count). The molecule has 0 aliphatic heterocycles. The van der Waals surface area contributed by atoms with Crippen LogP contribution in [0.15, 0.2) is 85.3 Å². The van der Waals surface area contributed by atoms with Crippen LogP contribution in [0.5, 0.6) is 0 Å². The van der Waals surface area contributed by atoms with Crippen LogP contribution in [0.3, 0.4) is 0 Å². The molecule has 0 aliphatic rings. The quantitative estimate of drug-likeness (QED) is 0.243. The summed E-state index contributed by atoms with van der Waals surface area (Å²) in [5, 5.41) is 5.65. The van der Waals surface area contributed by atoms with Crippen LogP contribution in [0.4, 0.5) is 11.5 Å². The Bertz CT molecular complexity index is 1650. The van der Waals surface area contributed by atoms with E-state index in [0.717, 1.165) is 11.1 Å². The number of nitrogens with zero attached hydrogens (tertiary/aromatic N) is 5. The molecule has 0 radical (unpaired) electrons. The molecule has 3 aromatic heterocycles. The third kappa shape index (κ3) is 8.30. The summed E-state index contributed by atoms with van der Waals surface area (Å²) in [5.74, 6) is -0.399. The fourth-order valence-electron chi connectivity index (χ4n) is 4.10. The molecular formula is C32H34N8O3. The fraction of sp³-hybridized carbons (Fsp3) is 0.188. The van der Waals surface area contributed by atoms with Crippen molar-refractivity contribution in [2.45, 2.75) is 6.54 Å². The number of nitrogens with two attached hydrogens (primary N) is 1. The van der Waals surface area contributed by atoms with Crippen LogP contribution in [0.1, 0.15) is 26.4 Å². The van der Waals surface area contributed by atoms with Crippen molar-refractivity contribution in [3.63, 3.8) is 0 Å². The summed E-state index contributed by atoms with van der Waals surface area (Å²) >= 11 is 0. The van der Waals surface area contributed by atoms with Crippen molar-refractivity contribution in [2.24, 2.45) is 0 Å². The van der Waals surface area contributed by atoms with E-state index >= 15 is 0 Å². The van der Waals surface area contributed by atoms with Crippen LogP contribution in [0, 0.1) is 0 Å². The minimum absolute atomic E-state index is 0.140. The molecule has 0 unspecified atom stereocenters. The summed E-state index contributed by atoms with van der Waals surface area (Å²) in [6.07, 6.45) is 8.07. The highest BCUT2D eigenvalue weighted by atomic mass is 16.2. The molecule has 1 aromatic carbocycles. The van der Waals surface area contributed by atoms with Crippen LogP contribution in [-0.4, -0.2) is 77.2 Å². The van der Waals surface area contributed by atoms with Gasteiger partial charge in [0.1, 0.15) is 5.82 Å². The van der Waals surface area contributed by atoms with E-state index in [2.05, 4.69) is 25.6 Å². The first-order chi connectivity index (χ1) is 20.6. The molecule has 0 aliphatic carbocycles. The van der Waals surface area contributed by atoms with Gasteiger partial charge in [-0.2, -0.15) is 0 Å². The summed E-state index contributed by atoms with van der Waals surface area (Å²) < 4.78 is 0. The number of nitrogens with one attached hydrogen (secondary N) is 2. The average molecular weight is 579 g/mol. The van der Waals surface area contributed by atoms with Crippen LogP contribution in [0.2, 0.25) is 0 Å². The number of benzene rings is 1. The number of amides is 3. The monoisotopic (exact) mass is 578 g/mol. The zero-order valence-corrected chi connectivity index (χ0v) is 24.5. The zero-order chi connectivity index (χ0) is 30.9. The Labute approximate surface area is 250 Å². The number of likely N-dealkylation sites (N-methyl/N-ethyl adjacent to an activating group) is 1. The van der Waals surface area contributed by atoms with E-state index in [1.54, 1.807) is 69.0 Å². The smallest absolute Gasteiger partial charge is 0.254 e. The lowest BCUT2D eigenvalue weighted by Gasteiger charge is -2.12. The van der Waals surface area contributed by atoms with Gasteiger partial charge < -0.3 is 26.2 Å². The number of anilines is 2. The van der Waals surface area contributed by atoms with E-state index in [1.807, 2.05) is 37.2 Å². The first-order valence-electron chi connectivity index (χ1n) is 13.5. The molecule has 0 saturated carbocycles. The Hall–Kier alpha value is -5.42. The summed E-state index contributed by atoms with van der Waals surface area (Å²) in [6, 6.07) is 15.8. The maximum atomic E-state index is 12.9. The minimum Gasteiger partial charge on any atom is -0.383 e. The first-order valence-corrected chi connectivity index (χ1v) is 13.5. The molecule has 0 atom stereocenters. The predicted octanol–water partition coefficient (Wildman–Crippen LogP) is 3.48. The van der Waals surface area contributed by atoms with Crippen molar-refractivity contribution in [1.29, 1.82) is 0 Å². The highest BCUT2D eigenvalue weighted by molar-refractivity contribution is 6.01. The van der Waals surface area contributed by atoms with E-state index in [9.17, 15) is 14.4 Å². The predicted molar refractivity (Wildman–Crippen MR) is 167 cm³/mol. The van der Waals surface area contributed by atoms with Crippen LogP contribution < -0.4 is 16.4 Å². The average Bonchev–Trinajstić information content (AvgIpc) is 3.00. The minimum atomic E-state index is -0.301. The number of carbonyl (C=O) groups is 3. The molecule has 0 fully saturated rings. The Morgan fingerprint density at radius 3 is 2.42 bits per heavy atom. The number of carbonyl (C=O) groups excluding carboxylic acids is 3. The van der Waals surface area contributed by atoms with Crippen molar-refractivity contribution >= 4 is 29.2 Å². The highest BCUT2D eigenvalue weighted by Gasteiger charge is 2.13. The third-order valence-electron chi connectivity index (χ3n) is 6.32. The number of aromatic nitrogens is 3. The number of pyridine rings is 3. The zero-order valence-electron chi connectivity index (χ0n) is 24.5. The lowest BCUT2D eigenvalue weighted by molar-refractivity contribution is -0.111. The topological polar surface area (TPSA) is 146 Å². The van der Waals surface area contributed by atoms with Gasteiger partial charge in [-0.25, -0.2) is 4.98 Å². The van der Waals surface area contributed by atoms with E-state index in [0.29, 0.717) is 46.1 Å². The van der Waals surface area contributed by atoms with Crippen molar-refractivity contribution < 1.29 is 14.4 Å². The standard InChI is InChI=1S/C32H34N8O3/c1-39(2)14-6-9-29(41)38-25-8-5-7-22(16-25)31(42)37-20-26-15-21(12-13-34-26)24-17-27(30(33)36-19-24)28-11-10-23(18-35-28)32(43)40(3)4/h5-13,15-19H,14,20H2,1-4H3,(H2,33,36)(H,37,42)(H,38,41)/b9-6+. The van der Waals surface area contributed by atoms with Crippen molar-refractivity contribution in [1.82, 2.24) is 30.1 Å². The van der Waals surface area contributed by atoms with Gasteiger partial charge in [0.15, 0.2) is 0 Å². The van der Waals surface area contributed by atoms with Crippen molar-refractivity contribution in [3.8, 4) is 22.4 Å². The van der Waals surface area contributed by atoms with Gasteiger partial charge in [-0.15, -0.1) is 0 Å². The normalized spacial score (nSPS) is 11.0. The largest absolute Gasteiger partial charge is 0.383 e. The molecule has 43 heavy (non-hydrogen) atoms. The molecule has 11 nitrogen and oxygen atoms in total. The highest BCUT2D eigenvalue weighted by Crippen LogP contribution is 2.29. The molecule has 0 bridgehead atoms. The van der Waals surface area contributed by atoms with Crippen molar-refractivity contribution in [2.75, 3.05) is 45.8 Å². The molecule has 3 heterocycles. The second kappa shape index (κ2) is 14.0. The van der Waals surface area contributed by atoms with Crippen LogP contribution in [0.25, 0.3) is 22.4 Å². The van der Waals surface area contributed by atoms with E-state index in [4.69, 9.17) is 5.73 Å². The summed E-state index contributed by atoms with van der Waals surface area (Å²) in [7, 11) is 7.20. The molecule has 3 amide bonds. The van der Waals surface area contributed by atoms with Gasteiger partial charge in [-0.05, 0) is 68.2 Å². The molecule has 4 aromatic rings. The SMILES string of the molecule is CN(C)C/C=C/C(=O)Nc1cccc(C(=O)NCc2cc(-c3cnc(N)c(-c4ccc(C(=O)N(C)C)cn4)c3)ccn2)c1. The molecular weight excluding hydrogens is 544 g/mol. The van der Waals surface area contributed by atoms with E-state index in [1.165, 1.54) is 17.2 Å². The lowest BCUT2D eigenvalue weighted by Crippen LogP contribution is -2.23. The Morgan fingerprint density at radius 1 is 0.884 bits per heavy atom. The molecule has 4 N–H and O–H groups in total. The fourth-order valence-corrected chi connectivity index (χ4v) is 4.10. The Kier molecular flexibility index (Phi) is 9.92. The molecule has 0 spiro atoms. The van der Waals surface area contributed by atoms with Gasteiger partial charge in [-0.3, -0.25) is 24.4 Å². The number of nitrogen functional groups attached to an aromatic ring is 1. The maximum absolute atomic E-state index is 12.9. The van der Waals surface area contributed by atoms with E-state index < -0.39 is 0 Å². The number of hydrogen-bond donors (Lipinski definition) is 3. The molecule has 0 saturated heterocycles. The van der Waals surface area contributed by atoms with Gasteiger partial charge >= 0.3 is 0 Å². The first kappa shape index (κ1) is 30.5. The Morgan fingerprint density at radius 2 is 1.70 bits per heavy atom. The summed E-state index contributed by atoms with van der Waals surface area (Å²) in [6.45, 7) is 0.835. The Balaban J connectivity index is 1.43. The van der Waals surface area contributed by atoms with Gasteiger partial charge in [0.2, 0.25) is 5.91 Å². The van der Waals surface area contributed by atoms with Crippen LogP contribution >= 0.6 is 0 Å².